The van der Waals surface area contributed by atoms with Crippen molar-refractivity contribution in [2.75, 3.05) is 10.6 Å². The summed E-state index contributed by atoms with van der Waals surface area (Å²) in [6, 6.07) is 9.63. The predicted molar refractivity (Wildman–Crippen MR) is 97.8 cm³/mol. The second-order valence-corrected chi connectivity index (χ2v) is 5.95. The molecule has 0 fully saturated rings. The van der Waals surface area contributed by atoms with Crippen LogP contribution in [0.25, 0.3) is 5.65 Å². The number of halogens is 1. The van der Waals surface area contributed by atoms with E-state index in [1.807, 2.05) is 6.92 Å². The zero-order valence-corrected chi connectivity index (χ0v) is 14.5. The number of nitrogens with zero attached hydrogens (tertiary/aromatic N) is 2. The van der Waals surface area contributed by atoms with E-state index in [0.717, 1.165) is 6.42 Å². The van der Waals surface area contributed by atoms with Crippen LogP contribution in [0.1, 0.15) is 36.5 Å². The number of rotatable bonds is 5. The molecule has 134 valence electrons. The number of anilines is 2. The van der Waals surface area contributed by atoms with Crippen molar-refractivity contribution < 1.29 is 14.0 Å². The zero-order valence-electron chi connectivity index (χ0n) is 14.5. The first-order chi connectivity index (χ1) is 12.5. The first-order valence-electron chi connectivity index (χ1n) is 8.33. The number of imidazole rings is 1. The standard InChI is InChI=1S/C19H19FN4O2/c1-3-4-16-18(24-11-13(20)5-10-17(24)23-16)19(26)22-15-8-6-14(7-9-15)21-12(2)25/h5-11H,3-4H2,1-2H3,(H,21,25)(H,22,26). The number of hydrogen-bond acceptors (Lipinski definition) is 3. The Balaban J connectivity index is 1.90. The topological polar surface area (TPSA) is 75.5 Å². The lowest BCUT2D eigenvalue weighted by molar-refractivity contribution is -0.114. The van der Waals surface area contributed by atoms with Crippen molar-refractivity contribution in [2.45, 2.75) is 26.7 Å². The van der Waals surface area contributed by atoms with Gasteiger partial charge in [-0.3, -0.25) is 14.0 Å². The van der Waals surface area contributed by atoms with Gasteiger partial charge < -0.3 is 10.6 Å². The predicted octanol–water partition coefficient (Wildman–Crippen LogP) is 3.64. The molecule has 0 saturated heterocycles. The Labute approximate surface area is 150 Å². The fourth-order valence-electron chi connectivity index (χ4n) is 2.75. The van der Waals surface area contributed by atoms with E-state index in [1.165, 1.54) is 23.6 Å². The summed E-state index contributed by atoms with van der Waals surface area (Å²) in [6.45, 7) is 3.42. The van der Waals surface area contributed by atoms with Crippen molar-refractivity contribution >= 4 is 28.8 Å². The van der Waals surface area contributed by atoms with Gasteiger partial charge in [0.2, 0.25) is 5.91 Å². The maximum Gasteiger partial charge on any atom is 0.274 e. The highest BCUT2D eigenvalue weighted by atomic mass is 19.1. The van der Waals surface area contributed by atoms with Crippen LogP contribution in [0.2, 0.25) is 0 Å². The molecule has 2 N–H and O–H groups in total. The molecule has 0 unspecified atom stereocenters. The van der Waals surface area contributed by atoms with Crippen LogP contribution >= 0.6 is 0 Å². The largest absolute Gasteiger partial charge is 0.326 e. The monoisotopic (exact) mass is 354 g/mol. The van der Waals surface area contributed by atoms with Crippen LogP contribution in [-0.2, 0) is 11.2 Å². The Bertz CT molecular complexity index is 964. The third-order valence-electron chi connectivity index (χ3n) is 3.82. The summed E-state index contributed by atoms with van der Waals surface area (Å²) < 4.78 is 15.1. The number of aryl methyl sites for hydroxylation is 1. The van der Waals surface area contributed by atoms with Crippen molar-refractivity contribution in [1.29, 1.82) is 0 Å². The van der Waals surface area contributed by atoms with Crippen LogP contribution in [0.3, 0.4) is 0 Å². The summed E-state index contributed by atoms with van der Waals surface area (Å²) in [7, 11) is 0. The Morgan fingerprint density at radius 1 is 1.08 bits per heavy atom. The lowest BCUT2D eigenvalue weighted by Gasteiger charge is -2.08. The van der Waals surface area contributed by atoms with E-state index < -0.39 is 5.82 Å². The van der Waals surface area contributed by atoms with Crippen molar-refractivity contribution in [3.63, 3.8) is 0 Å². The molecule has 0 atom stereocenters. The second kappa shape index (κ2) is 7.35. The molecule has 7 heteroatoms. The lowest BCUT2D eigenvalue weighted by atomic mass is 10.2. The SMILES string of the molecule is CCCc1nc2ccc(F)cn2c1C(=O)Nc1ccc(NC(C)=O)cc1. The van der Waals surface area contributed by atoms with Gasteiger partial charge in [0.05, 0.1) is 5.69 Å². The van der Waals surface area contributed by atoms with Crippen LogP contribution in [-0.4, -0.2) is 21.2 Å². The number of nitrogens with one attached hydrogen (secondary N) is 2. The average Bonchev–Trinajstić information content (AvgIpc) is 2.93. The van der Waals surface area contributed by atoms with Crippen LogP contribution in [0.5, 0.6) is 0 Å². The first-order valence-corrected chi connectivity index (χ1v) is 8.33. The number of benzene rings is 1. The summed E-state index contributed by atoms with van der Waals surface area (Å²) in [5, 5.41) is 5.46. The molecule has 0 radical (unpaired) electrons. The van der Waals surface area contributed by atoms with Gasteiger partial charge in [-0.2, -0.15) is 0 Å². The van der Waals surface area contributed by atoms with E-state index in [0.29, 0.717) is 34.8 Å². The molecule has 0 aliphatic rings. The molecular weight excluding hydrogens is 335 g/mol. The molecule has 3 aromatic rings. The zero-order chi connectivity index (χ0) is 18.7. The van der Waals surface area contributed by atoms with Crippen molar-refractivity contribution in [1.82, 2.24) is 9.38 Å². The van der Waals surface area contributed by atoms with Gasteiger partial charge in [-0.05, 0) is 42.8 Å². The summed E-state index contributed by atoms with van der Waals surface area (Å²) in [4.78, 5) is 28.3. The van der Waals surface area contributed by atoms with E-state index in [-0.39, 0.29) is 11.8 Å². The second-order valence-electron chi connectivity index (χ2n) is 5.95. The molecule has 1 aromatic carbocycles. The Hall–Kier alpha value is -3.22. The number of fused-ring (bicyclic) bond motifs is 1. The minimum Gasteiger partial charge on any atom is -0.326 e. The molecule has 2 amide bonds. The molecule has 0 spiro atoms. The Kier molecular flexibility index (Phi) is 4.97. The smallest absolute Gasteiger partial charge is 0.274 e. The summed E-state index contributed by atoms with van der Waals surface area (Å²) >= 11 is 0. The van der Waals surface area contributed by atoms with Gasteiger partial charge in [0.15, 0.2) is 0 Å². The van der Waals surface area contributed by atoms with Crippen LogP contribution in [0.15, 0.2) is 42.6 Å². The van der Waals surface area contributed by atoms with Crippen LogP contribution < -0.4 is 10.6 Å². The molecule has 0 saturated carbocycles. The normalized spacial score (nSPS) is 10.7. The number of amides is 2. The molecule has 2 heterocycles. The number of aromatic nitrogens is 2. The maximum absolute atomic E-state index is 13.6. The van der Waals surface area contributed by atoms with Gasteiger partial charge >= 0.3 is 0 Å². The van der Waals surface area contributed by atoms with Crippen LogP contribution in [0, 0.1) is 5.82 Å². The molecular formula is C19H19FN4O2. The molecule has 0 bridgehead atoms. The highest BCUT2D eigenvalue weighted by Crippen LogP contribution is 2.19. The Morgan fingerprint density at radius 3 is 2.35 bits per heavy atom. The quantitative estimate of drug-likeness (QED) is 0.734. The maximum atomic E-state index is 13.6. The lowest BCUT2D eigenvalue weighted by Crippen LogP contribution is -2.16. The van der Waals surface area contributed by atoms with E-state index in [1.54, 1.807) is 30.3 Å². The molecule has 3 rings (SSSR count). The van der Waals surface area contributed by atoms with Crippen LogP contribution in [0.4, 0.5) is 15.8 Å². The van der Waals surface area contributed by atoms with Gasteiger partial charge in [-0.15, -0.1) is 0 Å². The minimum absolute atomic E-state index is 0.168. The average molecular weight is 354 g/mol. The third kappa shape index (κ3) is 3.72. The third-order valence-corrected chi connectivity index (χ3v) is 3.82. The van der Waals surface area contributed by atoms with E-state index >= 15 is 0 Å². The fourth-order valence-corrected chi connectivity index (χ4v) is 2.75. The molecule has 26 heavy (non-hydrogen) atoms. The minimum atomic E-state index is -0.438. The first kappa shape index (κ1) is 17.6. The summed E-state index contributed by atoms with van der Waals surface area (Å²) in [5.41, 5.74) is 2.69. The number of carbonyl (C=O) groups is 2. The van der Waals surface area contributed by atoms with Gasteiger partial charge in [0.25, 0.3) is 5.91 Å². The highest BCUT2D eigenvalue weighted by molar-refractivity contribution is 6.04. The summed E-state index contributed by atoms with van der Waals surface area (Å²) in [5.74, 6) is -0.968. The van der Waals surface area contributed by atoms with Crippen molar-refractivity contribution in [3.8, 4) is 0 Å². The molecule has 0 aliphatic carbocycles. The van der Waals surface area contributed by atoms with E-state index in [4.69, 9.17) is 0 Å². The Morgan fingerprint density at radius 2 is 1.73 bits per heavy atom. The molecule has 2 aromatic heterocycles. The number of pyridine rings is 1. The van der Waals surface area contributed by atoms with Gasteiger partial charge in [-0.1, -0.05) is 13.3 Å². The van der Waals surface area contributed by atoms with Gasteiger partial charge in [-0.25, -0.2) is 9.37 Å². The summed E-state index contributed by atoms with van der Waals surface area (Å²) in [6.07, 6.45) is 2.70. The van der Waals surface area contributed by atoms with E-state index in [9.17, 15) is 14.0 Å². The van der Waals surface area contributed by atoms with Crippen molar-refractivity contribution in [3.05, 3.63) is 59.8 Å². The van der Waals surface area contributed by atoms with Crippen molar-refractivity contribution in [2.24, 2.45) is 0 Å². The fraction of sp³-hybridized carbons (Fsp3) is 0.211. The molecule has 6 nitrogen and oxygen atoms in total. The highest BCUT2D eigenvalue weighted by Gasteiger charge is 2.19. The van der Waals surface area contributed by atoms with Gasteiger partial charge in [0, 0.05) is 24.5 Å². The van der Waals surface area contributed by atoms with Gasteiger partial charge in [0.1, 0.15) is 17.2 Å². The molecule has 0 aliphatic heterocycles. The number of hydrogen-bond donors (Lipinski definition) is 2. The number of carbonyl (C=O) groups excluding carboxylic acids is 2. The van der Waals surface area contributed by atoms with E-state index in [2.05, 4.69) is 15.6 Å².